The Bertz CT molecular complexity index is 396. The summed E-state index contributed by atoms with van der Waals surface area (Å²) in [7, 11) is 0. The summed E-state index contributed by atoms with van der Waals surface area (Å²) in [6, 6.07) is 0. The SMILES string of the molecule is CCCC(C)(C)Cn1cc(COC(C)(C)CCC)nn1. The normalized spacial score (nSPS) is 12.9. The Morgan fingerprint density at radius 3 is 2.35 bits per heavy atom. The minimum atomic E-state index is -0.0833. The van der Waals surface area contributed by atoms with Crippen molar-refractivity contribution in [2.45, 2.75) is 86.0 Å². The van der Waals surface area contributed by atoms with Gasteiger partial charge in [-0.2, -0.15) is 0 Å². The molecule has 0 N–H and O–H groups in total. The van der Waals surface area contributed by atoms with E-state index in [0.29, 0.717) is 6.61 Å². The fourth-order valence-corrected chi connectivity index (χ4v) is 2.62. The van der Waals surface area contributed by atoms with Gasteiger partial charge in [0.1, 0.15) is 5.69 Å². The van der Waals surface area contributed by atoms with Gasteiger partial charge in [0.2, 0.25) is 0 Å². The maximum absolute atomic E-state index is 5.93. The van der Waals surface area contributed by atoms with Gasteiger partial charge in [0, 0.05) is 6.54 Å². The third kappa shape index (κ3) is 6.04. The summed E-state index contributed by atoms with van der Waals surface area (Å²) in [5.74, 6) is 0. The molecular weight excluding hydrogens is 250 g/mol. The molecule has 0 radical (unpaired) electrons. The molecule has 0 spiro atoms. The molecule has 20 heavy (non-hydrogen) atoms. The first-order chi connectivity index (χ1) is 9.28. The van der Waals surface area contributed by atoms with Crippen LogP contribution in [-0.2, 0) is 17.9 Å². The predicted molar refractivity (Wildman–Crippen MR) is 82.5 cm³/mol. The van der Waals surface area contributed by atoms with Gasteiger partial charge in [-0.1, -0.05) is 45.7 Å². The molecule has 0 unspecified atom stereocenters. The first-order valence-electron chi connectivity index (χ1n) is 7.81. The lowest BCUT2D eigenvalue weighted by Crippen LogP contribution is -2.23. The zero-order chi connectivity index (χ0) is 15.2. The highest BCUT2D eigenvalue weighted by Gasteiger charge is 2.20. The van der Waals surface area contributed by atoms with Crippen molar-refractivity contribution in [3.8, 4) is 0 Å². The molecule has 0 amide bonds. The van der Waals surface area contributed by atoms with Crippen molar-refractivity contribution in [2.75, 3.05) is 0 Å². The summed E-state index contributed by atoms with van der Waals surface area (Å²) in [5.41, 5.74) is 1.10. The highest BCUT2D eigenvalue weighted by molar-refractivity contribution is 4.91. The monoisotopic (exact) mass is 281 g/mol. The van der Waals surface area contributed by atoms with Crippen LogP contribution in [0, 0.1) is 5.41 Å². The van der Waals surface area contributed by atoms with Gasteiger partial charge in [-0.3, -0.25) is 4.68 Å². The van der Waals surface area contributed by atoms with Crippen LogP contribution >= 0.6 is 0 Å². The van der Waals surface area contributed by atoms with Crippen LogP contribution in [0.4, 0.5) is 0 Å². The van der Waals surface area contributed by atoms with E-state index in [0.717, 1.165) is 25.1 Å². The Morgan fingerprint density at radius 1 is 1.10 bits per heavy atom. The molecule has 0 fully saturated rings. The lowest BCUT2D eigenvalue weighted by molar-refractivity contribution is -0.0367. The molecule has 4 nitrogen and oxygen atoms in total. The minimum Gasteiger partial charge on any atom is -0.369 e. The van der Waals surface area contributed by atoms with Gasteiger partial charge in [0.05, 0.1) is 18.4 Å². The van der Waals surface area contributed by atoms with Crippen molar-refractivity contribution in [1.82, 2.24) is 15.0 Å². The van der Waals surface area contributed by atoms with Crippen molar-refractivity contribution in [3.05, 3.63) is 11.9 Å². The van der Waals surface area contributed by atoms with Gasteiger partial charge in [-0.15, -0.1) is 5.10 Å². The lowest BCUT2D eigenvalue weighted by Gasteiger charge is -2.24. The Balaban J connectivity index is 2.51. The molecule has 0 aromatic carbocycles. The summed E-state index contributed by atoms with van der Waals surface area (Å²) in [6.45, 7) is 14.7. The number of hydrogen-bond acceptors (Lipinski definition) is 3. The topological polar surface area (TPSA) is 39.9 Å². The maximum atomic E-state index is 5.93. The fourth-order valence-electron chi connectivity index (χ4n) is 2.62. The third-order valence-electron chi connectivity index (χ3n) is 3.57. The summed E-state index contributed by atoms with van der Waals surface area (Å²) in [5, 5.41) is 8.43. The molecular formula is C16H31N3O. The van der Waals surface area contributed by atoms with E-state index in [-0.39, 0.29) is 11.0 Å². The molecule has 0 saturated carbocycles. The first kappa shape index (κ1) is 17.2. The van der Waals surface area contributed by atoms with Gasteiger partial charge < -0.3 is 4.74 Å². The Labute approximate surface area is 123 Å². The summed E-state index contributed by atoms with van der Waals surface area (Å²) in [6.07, 6.45) is 6.60. The second-order valence-corrected chi connectivity index (χ2v) is 7.12. The van der Waals surface area contributed by atoms with E-state index in [1.54, 1.807) is 0 Å². The Hall–Kier alpha value is -0.900. The molecule has 116 valence electrons. The van der Waals surface area contributed by atoms with Crippen LogP contribution < -0.4 is 0 Å². The summed E-state index contributed by atoms with van der Waals surface area (Å²) < 4.78 is 7.88. The molecule has 0 aliphatic heterocycles. The second kappa shape index (κ2) is 7.21. The average Bonchev–Trinajstić information content (AvgIpc) is 2.73. The van der Waals surface area contributed by atoms with Crippen LogP contribution in [-0.4, -0.2) is 20.6 Å². The third-order valence-corrected chi connectivity index (χ3v) is 3.57. The zero-order valence-electron chi connectivity index (χ0n) is 14.1. The van der Waals surface area contributed by atoms with Gasteiger partial charge in [0.15, 0.2) is 0 Å². The van der Waals surface area contributed by atoms with Gasteiger partial charge >= 0.3 is 0 Å². The summed E-state index contributed by atoms with van der Waals surface area (Å²) in [4.78, 5) is 0. The standard InChI is InChI=1S/C16H31N3O/c1-7-9-15(3,4)13-19-11-14(17-18-19)12-20-16(5,6)10-8-2/h11H,7-10,12-13H2,1-6H3. The molecule has 0 saturated heterocycles. The van der Waals surface area contributed by atoms with Crippen LogP contribution in [0.2, 0.25) is 0 Å². The van der Waals surface area contributed by atoms with Crippen LogP contribution in [0.25, 0.3) is 0 Å². The predicted octanol–water partition coefficient (Wildman–Crippen LogP) is 4.20. The average molecular weight is 281 g/mol. The molecule has 1 aromatic rings. The van der Waals surface area contributed by atoms with Crippen LogP contribution in [0.5, 0.6) is 0 Å². The smallest absolute Gasteiger partial charge is 0.108 e. The lowest BCUT2D eigenvalue weighted by atomic mass is 9.88. The van der Waals surface area contributed by atoms with Crippen molar-refractivity contribution in [3.63, 3.8) is 0 Å². The van der Waals surface area contributed by atoms with Gasteiger partial charge in [-0.25, -0.2) is 0 Å². The van der Waals surface area contributed by atoms with Crippen molar-refractivity contribution in [2.24, 2.45) is 5.41 Å². The number of nitrogens with zero attached hydrogens (tertiary/aromatic N) is 3. The Kier molecular flexibility index (Phi) is 6.18. The first-order valence-corrected chi connectivity index (χ1v) is 7.81. The molecule has 4 heteroatoms. The van der Waals surface area contributed by atoms with E-state index in [1.807, 2.05) is 10.9 Å². The molecule has 1 aromatic heterocycles. The van der Waals surface area contributed by atoms with Crippen LogP contribution in [0.3, 0.4) is 0 Å². The molecule has 0 aliphatic carbocycles. The zero-order valence-corrected chi connectivity index (χ0v) is 14.1. The highest BCUT2D eigenvalue weighted by atomic mass is 16.5. The largest absolute Gasteiger partial charge is 0.369 e. The van der Waals surface area contributed by atoms with E-state index in [2.05, 4.69) is 51.9 Å². The molecule has 1 rings (SSSR count). The molecule has 0 aliphatic rings. The van der Waals surface area contributed by atoms with E-state index in [4.69, 9.17) is 4.74 Å². The van der Waals surface area contributed by atoms with E-state index < -0.39 is 0 Å². The maximum Gasteiger partial charge on any atom is 0.108 e. The minimum absolute atomic E-state index is 0.0833. The van der Waals surface area contributed by atoms with Crippen LogP contribution in [0.15, 0.2) is 6.20 Å². The molecule has 0 atom stereocenters. The summed E-state index contributed by atoms with van der Waals surface area (Å²) >= 11 is 0. The van der Waals surface area contributed by atoms with Crippen molar-refractivity contribution >= 4 is 0 Å². The van der Waals surface area contributed by atoms with E-state index in [1.165, 1.54) is 12.8 Å². The highest BCUT2D eigenvalue weighted by Crippen LogP contribution is 2.24. The number of hydrogen-bond donors (Lipinski definition) is 0. The van der Waals surface area contributed by atoms with E-state index >= 15 is 0 Å². The molecule has 1 heterocycles. The van der Waals surface area contributed by atoms with Gasteiger partial charge in [0.25, 0.3) is 0 Å². The quantitative estimate of drug-likeness (QED) is 0.681. The van der Waals surface area contributed by atoms with Crippen molar-refractivity contribution in [1.29, 1.82) is 0 Å². The second-order valence-electron chi connectivity index (χ2n) is 7.12. The number of aromatic nitrogens is 3. The molecule has 0 bridgehead atoms. The van der Waals surface area contributed by atoms with E-state index in [9.17, 15) is 0 Å². The Morgan fingerprint density at radius 2 is 1.75 bits per heavy atom. The van der Waals surface area contributed by atoms with Crippen LogP contribution in [0.1, 0.15) is 72.9 Å². The fraction of sp³-hybridized carbons (Fsp3) is 0.875. The van der Waals surface area contributed by atoms with Gasteiger partial charge in [-0.05, 0) is 32.1 Å². The number of rotatable bonds is 9. The number of ether oxygens (including phenoxy) is 1. The van der Waals surface area contributed by atoms with Crippen molar-refractivity contribution < 1.29 is 4.74 Å².